The van der Waals surface area contributed by atoms with Crippen molar-refractivity contribution in [1.82, 2.24) is 0 Å². The molecule has 0 aromatic carbocycles. The van der Waals surface area contributed by atoms with Crippen LogP contribution in [0.3, 0.4) is 0 Å². The van der Waals surface area contributed by atoms with Crippen LogP contribution in [0.25, 0.3) is 0 Å². The number of thioether (sulfide) groups is 2. The zero-order chi connectivity index (χ0) is 19.1. The Morgan fingerprint density at radius 3 is 1.35 bits per heavy atom. The molecule has 4 nitrogen and oxygen atoms in total. The van der Waals surface area contributed by atoms with Crippen molar-refractivity contribution < 1.29 is 19.2 Å². The van der Waals surface area contributed by atoms with E-state index in [1.165, 1.54) is 47.8 Å². The Kier molecular flexibility index (Phi) is 7.85. The normalized spacial score (nSPS) is 17.8. The standard InChI is InChI=1S/C20H22O4S2/c1-3-5-7-25-19-11-15(21)13(9-17(19)23)14-10-18(24)20(12-16(14)22)26-8-6-4-2/h9-12H,3-8H2,1-2H3. The molecule has 0 aromatic heterocycles. The summed E-state index contributed by atoms with van der Waals surface area (Å²) < 4.78 is 0. The van der Waals surface area contributed by atoms with Gasteiger partial charge in [0.1, 0.15) is 0 Å². The van der Waals surface area contributed by atoms with Gasteiger partial charge in [-0.3, -0.25) is 19.2 Å². The van der Waals surface area contributed by atoms with E-state index in [1.807, 2.05) is 0 Å². The minimum absolute atomic E-state index is 0.0158. The highest BCUT2D eigenvalue weighted by Gasteiger charge is 2.29. The molecule has 0 saturated heterocycles. The number of hydrogen-bond donors (Lipinski definition) is 0. The Morgan fingerprint density at radius 2 is 1.00 bits per heavy atom. The summed E-state index contributed by atoms with van der Waals surface area (Å²) >= 11 is 2.71. The summed E-state index contributed by atoms with van der Waals surface area (Å²) in [6.07, 6.45) is 8.89. The van der Waals surface area contributed by atoms with Crippen molar-refractivity contribution >= 4 is 46.7 Å². The van der Waals surface area contributed by atoms with Crippen LogP contribution in [0.5, 0.6) is 0 Å². The Bertz CT molecular complexity index is 690. The van der Waals surface area contributed by atoms with Gasteiger partial charge in [0.05, 0.1) is 9.81 Å². The molecule has 0 spiro atoms. The molecule has 0 saturated carbocycles. The number of hydrogen-bond acceptors (Lipinski definition) is 6. The van der Waals surface area contributed by atoms with Gasteiger partial charge in [-0.2, -0.15) is 0 Å². The first-order chi connectivity index (χ1) is 12.5. The van der Waals surface area contributed by atoms with Crippen LogP contribution in [-0.4, -0.2) is 34.6 Å². The molecule has 2 aliphatic carbocycles. The summed E-state index contributed by atoms with van der Waals surface area (Å²) in [5.41, 5.74) is 0.0316. The van der Waals surface area contributed by atoms with Crippen LogP contribution < -0.4 is 0 Å². The first-order valence-corrected chi connectivity index (χ1v) is 10.7. The molecule has 0 aliphatic heterocycles. The smallest absolute Gasteiger partial charge is 0.193 e. The van der Waals surface area contributed by atoms with Gasteiger partial charge in [0.25, 0.3) is 0 Å². The summed E-state index contributed by atoms with van der Waals surface area (Å²) in [6, 6.07) is 0. The molecular formula is C20H22O4S2. The lowest BCUT2D eigenvalue weighted by molar-refractivity contribution is -0.116. The molecule has 0 radical (unpaired) electrons. The van der Waals surface area contributed by atoms with E-state index in [2.05, 4.69) is 13.8 Å². The van der Waals surface area contributed by atoms with Crippen molar-refractivity contribution in [3.8, 4) is 0 Å². The zero-order valence-electron chi connectivity index (χ0n) is 15.0. The summed E-state index contributed by atoms with van der Waals surface area (Å²) in [5, 5.41) is 0. The fraction of sp³-hybridized carbons (Fsp3) is 0.400. The first kappa shape index (κ1) is 20.6. The number of ketones is 4. The number of carbonyl (C=O) groups is 4. The van der Waals surface area contributed by atoms with Crippen LogP contribution in [0.4, 0.5) is 0 Å². The van der Waals surface area contributed by atoms with Crippen LogP contribution in [0, 0.1) is 0 Å². The highest BCUT2D eigenvalue weighted by atomic mass is 32.2. The molecular weight excluding hydrogens is 368 g/mol. The number of rotatable bonds is 9. The molecule has 138 valence electrons. The summed E-state index contributed by atoms with van der Waals surface area (Å²) in [7, 11) is 0. The molecule has 2 aliphatic rings. The average Bonchev–Trinajstić information content (AvgIpc) is 2.61. The van der Waals surface area contributed by atoms with Gasteiger partial charge < -0.3 is 0 Å². The molecule has 0 heterocycles. The second-order valence-electron chi connectivity index (χ2n) is 5.99. The predicted octanol–water partition coefficient (Wildman–Crippen LogP) is 3.98. The third-order valence-corrected chi connectivity index (χ3v) is 6.14. The quantitative estimate of drug-likeness (QED) is 0.438. The minimum atomic E-state index is -0.397. The fourth-order valence-electron chi connectivity index (χ4n) is 2.38. The topological polar surface area (TPSA) is 68.3 Å². The van der Waals surface area contributed by atoms with Crippen molar-refractivity contribution in [2.75, 3.05) is 11.5 Å². The molecule has 0 fully saturated rings. The first-order valence-electron chi connectivity index (χ1n) is 8.78. The van der Waals surface area contributed by atoms with Gasteiger partial charge in [-0.05, 0) is 36.5 Å². The molecule has 0 amide bonds. The highest BCUT2D eigenvalue weighted by molar-refractivity contribution is 8.04. The lowest BCUT2D eigenvalue weighted by atomic mass is 9.90. The second kappa shape index (κ2) is 9.88. The van der Waals surface area contributed by atoms with E-state index < -0.39 is 11.6 Å². The van der Waals surface area contributed by atoms with Gasteiger partial charge >= 0.3 is 0 Å². The van der Waals surface area contributed by atoms with Gasteiger partial charge in [-0.15, -0.1) is 23.5 Å². The van der Waals surface area contributed by atoms with Crippen molar-refractivity contribution in [2.45, 2.75) is 39.5 Å². The minimum Gasteiger partial charge on any atom is -0.289 e. The van der Waals surface area contributed by atoms with Crippen molar-refractivity contribution in [1.29, 1.82) is 0 Å². The van der Waals surface area contributed by atoms with E-state index in [9.17, 15) is 19.2 Å². The monoisotopic (exact) mass is 390 g/mol. The Balaban J connectivity index is 2.12. The van der Waals surface area contributed by atoms with Crippen molar-refractivity contribution in [3.05, 3.63) is 45.3 Å². The van der Waals surface area contributed by atoms with Gasteiger partial charge in [-0.25, -0.2) is 0 Å². The second-order valence-corrected chi connectivity index (χ2v) is 8.27. The largest absolute Gasteiger partial charge is 0.289 e. The molecule has 0 bridgehead atoms. The van der Waals surface area contributed by atoms with E-state index >= 15 is 0 Å². The van der Waals surface area contributed by atoms with Crippen LogP contribution in [0.15, 0.2) is 45.3 Å². The van der Waals surface area contributed by atoms with Crippen LogP contribution in [-0.2, 0) is 19.2 Å². The van der Waals surface area contributed by atoms with Crippen LogP contribution in [0.2, 0.25) is 0 Å². The maximum atomic E-state index is 12.4. The van der Waals surface area contributed by atoms with E-state index in [4.69, 9.17) is 0 Å². The molecule has 0 unspecified atom stereocenters. The lowest BCUT2D eigenvalue weighted by Crippen LogP contribution is -2.20. The highest BCUT2D eigenvalue weighted by Crippen LogP contribution is 2.30. The van der Waals surface area contributed by atoms with Gasteiger partial charge in [0.2, 0.25) is 0 Å². The Hall–Kier alpha value is -1.66. The molecule has 2 rings (SSSR count). The van der Waals surface area contributed by atoms with E-state index in [0.717, 1.165) is 37.2 Å². The molecule has 26 heavy (non-hydrogen) atoms. The van der Waals surface area contributed by atoms with Crippen LogP contribution >= 0.6 is 23.5 Å². The Morgan fingerprint density at radius 1 is 0.615 bits per heavy atom. The fourth-order valence-corrected chi connectivity index (χ4v) is 4.47. The predicted molar refractivity (Wildman–Crippen MR) is 107 cm³/mol. The third-order valence-electron chi connectivity index (χ3n) is 3.89. The molecule has 0 N–H and O–H groups in total. The number of carbonyl (C=O) groups excluding carboxylic acids is 4. The molecule has 6 heteroatoms. The Labute approximate surface area is 162 Å². The number of unbranched alkanes of at least 4 members (excludes halogenated alkanes) is 2. The number of allylic oxidation sites excluding steroid dienone is 8. The molecule has 0 atom stereocenters. The maximum absolute atomic E-state index is 12.4. The van der Waals surface area contributed by atoms with Crippen molar-refractivity contribution in [3.63, 3.8) is 0 Å². The summed E-state index contributed by atoms with van der Waals surface area (Å²) in [6.45, 7) is 4.11. The third kappa shape index (κ3) is 5.17. The SMILES string of the molecule is CCCCSC1=CC(=O)C(C2=CC(=O)C(SCCCC)=CC2=O)=CC1=O. The summed E-state index contributed by atoms with van der Waals surface area (Å²) in [5.74, 6) is 0.179. The van der Waals surface area contributed by atoms with Gasteiger partial charge in [0, 0.05) is 23.3 Å². The zero-order valence-corrected chi connectivity index (χ0v) is 16.6. The van der Waals surface area contributed by atoms with Crippen molar-refractivity contribution in [2.24, 2.45) is 0 Å². The average molecular weight is 391 g/mol. The van der Waals surface area contributed by atoms with Gasteiger partial charge in [0.15, 0.2) is 23.1 Å². The molecule has 0 aromatic rings. The van der Waals surface area contributed by atoms with Gasteiger partial charge in [-0.1, -0.05) is 26.7 Å². The lowest BCUT2D eigenvalue weighted by Gasteiger charge is -2.16. The van der Waals surface area contributed by atoms with Crippen LogP contribution in [0.1, 0.15) is 39.5 Å². The summed E-state index contributed by atoms with van der Waals surface area (Å²) in [4.78, 5) is 50.1. The van der Waals surface area contributed by atoms with E-state index in [-0.39, 0.29) is 22.7 Å². The maximum Gasteiger partial charge on any atom is 0.193 e. The van der Waals surface area contributed by atoms with E-state index in [0.29, 0.717) is 9.81 Å². The van der Waals surface area contributed by atoms with E-state index in [1.54, 1.807) is 0 Å².